The van der Waals surface area contributed by atoms with Crippen LogP contribution in [0, 0.1) is 0 Å². The van der Waals surface area contributed by atoms with Crippen molar-refractivity contribution in [3.05, 3.63) is 54.4 Å². The number of amides is 1. The molecule has 190 valence electrons. The van der Waals surface area contributed by atoms with E-state index in [0.29, 0.717) is 0 Å². The third kappa shape index (κ3) is 5.12. The highest BCUT2D eigenvalue weighted by Crippen LogP contribution is 2.24. The van der Waals surface area contributed by atoms with Crippen LogP contribution in [0.15, 0.2) is 48.8 Å². The van der Waals surface area contributed by atoms with E-state index in [4.69, 9.17) is 9.47 Å². The molecule has 5 heterocycles. The lowest BCUT2D eigenvalue weighted by molar-refractivity contribution is 0.0289. The number of benzene rings is 1. The quantitative estimate of drug-likeness (QED) is 0.509. The first-order valence-corrected chi connectivity index (χ1v) is 13.3. The number of aromatic nitrogens is 2. The Bertz CT molecular complexity index is 1180. The lowest BCUT2D eigenvalue weighted by Crippen LogP contribution is -2.44. The van der Waals surface area contributed by atoms with Crippen LogP contribution in [0.3, 0.4) is 0 Å². The van der Waals surface area contributed by atoms with Crippen LogP contribution in [-0.2, 0) is 4.74 Å². The van der Waals surface area contributed by atoms with Crippen molar-refractivity contribution in [1.29, 1.82) is 0 Å². The SMILES string of the molecule is O=C(c1ccc2c(ccn2-c2ccc(OC3CCN(CCN4CCOCC4)CC3)cn2)c1)N1CCC1. The molecule has 8 heteroatoms. The van der Waals surface area contributed by atoms with Crippen molar-refractivity contribution in [3.63, 3.8) is 0 Å². The van der Waals surface area contributed by atoms with Crippen LogP contribution in [0.2, 0.25) is 0 Å². The molecule has 3 aromatic rings. The zero-order chi connectivity index (χ0) is 24.3. The number of fused-ring (bicyclic) bond motifs is 1. The first-order chi connectivity index (χ1) is 17.7. The highest BCUT2D eigenvalue weighted by atomic mass is 16.5. The summed E-state index contributed by atoms with van der Waals surface area (Å²) in [7, 11) is 0. The van der Waals surface area contributed by atoms with E-state index < -0.39 is 0 Å². The number of rotatable bonds is 7. The lowest BCUT2D eigenvalue weighted by Gasteiger charge is -2.34. The van der Waals surface area contributed by atoms with Gasteiger partial charge in [0, 0.05) is 69.5 Å². The number of ether oxygens (including phenoxy) is 2. The molecule has 0 aliphatic carbocycles. The number of hydrogen-bond donors (Lipinski definition) is 0. The Hall–Kier alpha value is -2.94. The van der Waals surface area contributed by atoms with Crippen LogP contribution in [-0.4, -0.2) is 102 Å². The molecule has 0 saturated carbocycles. The molecule has 0 unspecified atom stereocenters. The van der Waals surface area contributed by atoms with Gasteiger partial charge < -0.3 is 23.8 Å². The van der Waals surface area contributed by atoms with Crippen molar-refractivity contribution in [1.82, 2.24) is 24.3 Å². The minimum Gasteiger partial charge on any atom is -0.489 e. The number of pyridine rings is 1. The maximum atomic E-state index is 12.5. The fourth-order valence-electron chi connectivity index (χ4n) is 5.31. The molecule has 1 aromatic carbocycles. The smallest absolute Gasteiger partial charge is 0.253 e. The van der Waals surface area contributed by atoms with Gasteiger partial charge in [-0.3, -0.25) is 9.69 Å². The number of morpholine rings is 1. The first-order valence-electron chi connectivity index (χ1n) is 13.3. The molecule has 1 amide bonds. The van der Waals surface area contributed by atoms with E-state index in [1.807, 2.05) is 53.7 Å². The van der Waals surface area contributed by atoms with Crippen molar-refractivity contribution in [3.8, 4) is 11.6 Å². The summed E-state index contributed by atoms with van der Waals surface area (Å²) in [6, 6.07) is 12.0. The van der Waals surface area contributed by atoms with Crippen LogP contribution >= 0.6 is 0 Å². The zero-order valence-electron chi connectivity index (χ0n) is 20.8. The third-order valence-electron chi connectivity index (χ3n) is 7.72. The summed E-state index contributed by atoms with van der Waals surface area (Å²) in [4.78, 5) is 24.2. The zero-order valence-corrected chi connectivity index (χ0v) is 20.8. The summed E-state index contributed by atoms with van der Waals surface area (Å²) in [6.45, 7) is 9.99. The fourth-order valence-corrected chi connectivity index (χ4v) is 5.31. The van der Waals surface area contributed by atoms with E-state index in [1.165, 1.54) is 0 Å². The van der Waals surface area contributed by atoms with Gasteiger partial charge in [-0.25, -0.2) is 4.98 Å². The Kier molecular flexibility index (Phi) is 6.90. The van der Waals surface area contributed by atoms with Crippen molar-refractivity contribution < 1.29 is 14.3 Å². The van der Waals surface area contributed by atoms with Gasteiger partial charge in [0.25, 0.3) is 5.91 Å². The summed E-state index contributed by atoms with van der Waals surface area (Å²) in [5.74, 6) is 1.79. The Morgan fingerprint density at radius 1 is 0.944 bits per heavy atom. The monoisotopic (exact) mass is 489 g/mol. The lowest BCUT2D eigenvalue weighted by atomic mass is 10.1. The van der Waals surface area contributed by atoms with Crippen LogP contribution < -0.4 is 4.74 Å². The predicted molar refractivity (Wildman–Crippen MR) is 139 cm³/mol. The maximum absolute atomic E-state index is 12.5. The average Bonchev–Trinajstić information content (AvgIpc) is 3.32. The molecule has 3 aliphatic rings. The van der Waals surface area contributed by atoms with Gasteiger partial charge in [0.1, 0.15) is 17.7 Å². The summed E-state index contributed by atoms with van der Waals surface area (Å²) >= 11 is 0. The normalized spacial score (nSPS) is 19.9. The molecule has 3 saturated heterocycles. The van der Waals surface area contributed by atoms with E-state index in [1.54, 1.807) is 0 Å². The second kappa shape index (κ2) is 10.6. The Morgan fingerprint density at radius 3 is 2.42 bits per heavy atom. The van der Waals surface area contributed by atoms with E-state index in [-0.39, 0.29) is 12.0 Å². The number of likely N-dealkylation sites (tertiary alicyclic amines) is 2. The van der Waals surface area contributed by atoms with Gasteiger partial charge in [0.05, 0.1) is 24.9 Å². The average molecular weight is 490 g/mol. The number of carbonyl (C=O) groups is 1. The minimum absolute atomic E-state index is 0.124. The summed E-state index contributed by atoms with van der Waals surface area (Å²) < 4.78 is 13.8. The van der Waals surface area contributed by atoms with Crippen LogP contribution in [0.5, 0.6) is 5.75 Å². The standard InChI is InChI=1S/C28H35N5O3/c34-28(32-9-1-10-32)23-2-4-26-22(20-23)6-13-33(26)27-5-3-25(21-29-27)36-24-7-11-30(12-8-24)14-15-31-16-18-35-19-17-31/h2-6,13,20-21,24H,1,7-12,14-19H2. The topological polar surface area (TPSA) is 63.1 Å². The predicted octanol–water partition coefficient (Wildman–Crippen LogP) is 3.05. The largest absolute Gasteiger partial charge is 0.489 e. The van der Waals surface area contributed by atoms with Gasteiger partial charge in [0.2, 0.25) is 0 Å². The van der Waals surface area contributed by atoms with Crippen LogP contribution in [0.1, 0.15) is 29.6 Å². The number of hydrogen-bond acceptors (Lipinski definition) is 6. The first kappa shape index (κ1) is 23.5. The highest BCUT2D eigenvalue weighted by Gasteiger charge is 2.23. The van der Waals surface area contributed by atoms with Crippen molar-refractivity contribution in [2.24, 2.45) is 0 Å². The van der Waals surface area contributed by atoms with E-state index in [9.17, 15) is 4.79 Å². The number of carbonyl (C=O) groups excluding carboxylic acids is 1. The Morgan fingerprint density at radius 2 is 1.72 bits per heavy atom. The van der Waals surface area contributed by atoms with E-state index in [2.05, 4.69) is 19.4 Å². The molecular formula is C28H35N5O3. The van der Waals surface area contributed by atoms with E-state index >= 15 is 0 Å². The minimum atomic E-state index is 0.124. The van der Waals surface area contributed by atoms with Crippen molar-refractivity contribution in [2.75, 3.05) is 65.6 Å². The molecule has 6 rings (SSSR count). The fraction of sp³-hybridized carbons (Fsp3) is 0.500. The van der Waals surface area contributed by atoms with Gasteiger partial charge in [-0.05, 0) is 55.7 Å². The second-order valence-electron chi connectivity index (χ2n) is 10.1. The molecule has 3 aliphatic heterocycles. The Balaban J connectivity index is 1.03. The van der Waals surface area contributed by atoms with Crippen LogP contribution in [0.4, 0.5) is 0 Å². The molecule has 2 aromatic heterocycles. The molecule has 0 atom stereocenters. The van der Waals surface area contributed by atoms with E-state index in [0.717, 1.165) is 113 Å². The maximum Gasteiger partial charge on any atom is 0.253 e. The molecule has 8 nitrogen and oxygen atoms in total. The van der Waals surface area contributed by atoms with Gasteiger partial charge in [-0.1, -0.05) is 0 Å². The van der Waals surface area contributed by atoms with Crippen molar-refractivity contribution in [2.45, 2.75) is 25.4 Å². The second-order valence-corrected chi connectivity index (χ2v) is 10.1. The molecule has 0 N–H and O–H groups in total. The summed E-state index contributed by atoms with van der Waals surface area (Å²) in [5, 5.41) is 1.05. The van der Waals surface area contributed by atoms with Gasteiger partial charge >= 0.3 is 0 Å². The Labute approximate surface area is 212 Å². The van der Waals surface area contributed by atoms with Crippen molar-refractivity contribution >= 4 is 16.8 Å². The van der Waals surface area contributed by atoms with Gasteiger partial charge in [0.15, 0.2) is 0 Å². The highest BCUT2D eigenvalue weighted by molar-refractivity contribution is 5.98. The molecule has 0 bridgehead atoms. The molecule has 3 fully saturated rings. The van der Waals surface area contributed by atoms with Gasteiger partial charge in [-0.2, -0.15) is 0 Å². The third-order valence-corrected chi connectivity index (χ3v) is 7.72. The van der Waals surface area contributed by atoms with Gasteiger partial charge in [-0.15, -0.1) is 0 Å². The van der Waals surface area contributed by atoms with Crippen LogP contribution in [0.25, 0.3) is 16.7 Å². The summed E-state index contributed by atoms with van der Waals surface area (Å²) in [6.07, 6.45) is 7.28. The summed E-state index contributed by atoms with van der Waals surface area (Å²) in [5.41, 5.74) is 1.80. The molecule has 0 spiro atoms. The molecule has 36 heavy (non-hydrogen) atoms. The number of piperidine rings is 1. The molecular weight excluding hydrogens is 454 g/mol. The molecule has 0 radical (unpaired) electrons. The number of nitrogens with zero attached hydrogens (tertiary/aromatic N) is 5.